The number of piperidine rings is 1. The van der Waals surface area contributed by atoms with E-state index in [-0.39, 0.29) is 0 Å². The van der Waals surface area contributed by atoms with Crippen molar-refractivity contribution >= 4 is 5.82 Å². The molecule has 1 aliphatic heterocycles. The van der Waals surface area contributed by atoms with Crippen molar-refractivity contribution < 1.29 is 0 Å². The maximum Gasteiger partial charge on any atom is 0.131 e. The second-order valence-corrected chi connectivity index (χ2v) is 6.81. The summed E-state index contributed by atoms with van der Waals surface area (Å²) in [6.07, 6.45) is 7.81. The van der Waals surface area contributed by atoms with Crippen molar-refractivity contribution in [2.75, 3.05) is 18.8 Å². The maximum absolute atomic E-state index is 5.96. The number of rotatable bonds is 5. The van der Waals surface area contributed by atoms with Gasteiger partial charge in [-0.05, 0) is 50.0 Å². The van der Waals surface area contributed by atoms with Gasteiger partial charge >= 0.3 is 0 Å². The zero-order valence-electron chi connectivity index (χ0n) is 14.7. The average Bonchev–Trinajstić information content (AvgIpc) is 3.14. The third-order valence-corrected chi connectivity index (χ3v) is 4.94. The average molecular weight is 349 g/mol. The Bertz CT molecular complexity index is 838. The summed E-state index contributed by atoms with van der Waals surface area (Å²) in [4.78, 5) is 10.9. The predicted octanol–water partition coefficient (Wildman–Crippen LogP) is 2.23. The summed E-state index contributed by atoms with van der Waals surface area (Å²) in [5, 5.41) is 8.52. The van der Waals surface area contributed by atoms with Crippen LogP contribution in [0.4, 0.5) is 5.82 Å². The van der Waals surface area contributed by atoms with E-state index in [1.807, 2.05) is 35.1 Å². The highest BCUT2D eigenvalue weighted by Gasteiger charge is 2.21. The molecule has 3 aromatic rings. The van der Waals surface area contributed by atoms with E-state index in [4.69, 9.17) is 5.73 Å². The summed E-state index contributed by atoms with van der Waals surface area (Å²) < 4.78 is 1.95. The van der Waals surface area contributed by atoms with E-state index in [1.165, 1.54) is 0 Å². The molecule has 1 fully saturated rings. The standard InChI is InChI=1S/C19H23N7/c20-19-16(4-3-9-22-19)13-25-10-6-15(7-11-25)12-26-14-18(23-24-26)17-5-1-2-8-21-17/h1-5,8-9,14-15H,6-7,10-13H2,(H2,20,22). The van der Waals surface area contributed by atoms with Crippen LogP contribution >= 0.6 is 0 Å². The number of likely N-dealkylation sites (tertiary alicyclic amines) is 1. The quantitative estimate of drug-likeness (QED) is 0.760. The Morgan fingerprint density at radius 1 is 1.00 bits per heavy atom. The Labute approximate surface area is 152 Å². The van der Waals surface area contributed by atoms with Crippen LogP contribution in [-0.4, -0.2) is 43.0 Å². The van der Waals surface area contributed by atoms with Crippen LogP contribution in [0.5, 0.6) is 0 Å². The van der Waals surface area contributed by atoms with E-state index >= 15 is 0 Å². The summed E-state index contributed by atoms with van der Waals surface area (Å²) in [6.45, 7) is 3.92. The lowest BCUT2D eigenvalue weighted by Gasteiger charge is -2.31. The Morgan fingerprint density at radius 2 is 1.85 bits per heavy atom. The van der Waals surface area contributed by atoms with Crippen LogP contribution < -0.4 is 5.73 Å². The Balaban J connectivity index is 1.30. The number of nitrogens with zero attached hydrogens (tertiary/aromatic N) is 6. The molecule has 0 unspecified atom stereocenters. The molecule has 26 heavy (non-hydrogen) atoms. The van der Waals surface area contributed by atoms with Gasteiger partial charge in [-0.1, -0.05) is 17.3 Å². The van der Waals surface area contributed by atoms with E-state index in [9.17, 15) is 0 Å². The monoisotopic (exact) mass is 349 g/mol. The molecule has 0 saturated carbocycles. The van der Waals surface area contributed by atoms with Gasteiger partial charge in [-0.15, -0.1) is 5.10 Å². The van der Waals surface area contributed by atoms with Gasteiger partial charge in [0, 0.05) is 31.0 Å². The molecule has 0 aliphatic carbocycles. The fourth-order valence-electron chi connectivity index (χ4n) is 3.44. The molecular weight excluding hydrogens is 326 g/mol. The highest BCUT2D eigenvalue weighted by atomic mass is 15.4. The van der Waals surface area contributed by atoms with Gasteiger partial charge in [-0.2, -0.15) is 0 Å². The molecule has 4 rings (SSSR count). The third-order valence-electron chi connectivity index (χ3n) is 4.94. The van der Waals surface area contributed by atoms with Gasteiger partial charge in [0.05, 0.1) is 11.9 Å². The van der Waals surface area contributed by atoms with Crippen molar-refractivity contribution in [2.24, 2.45) is 5.92 Å². The minimum absolute atomic E-state index is 0.621. The number of aromatic nitrogens is 5. The van der Waals surface area contributed by atoms with Crippen LogP contribution in [0.1, 0.15) is 18.4 Å². The van der Waals surface area contributed by atoms with Crippen molar-refractivity contribution in [3.63, 3.8) is 0 Å². The van der Waals surface area contributed by atoms with Crippen molar-refractivity contribution in [1.29, 1.82) is 0 Å². The fourth-order valence-corrected chi connectivity index (χ4v) is 3.44. The van der Waals surface area contributed by atoms with Gasteiger partial charge in [0.2, 0.25) is 0 Å². The first-order valence-corrected chi connectivity index (χ1v) is 9.01. The largest absolute Gasteiger partial charge is 0.383 e. The number of pyridine rings is 2. The molecule has 0 aromatic carbocycles. The Hall–Kier alpha value is -2.80. The molecule has 0 atom stereocenters. The molecule has 4 heterocycles. The number of hydrogen-bond donors (Lipinski definition) is 1. The summed E-state index contributed by atoms with van der Waals surface area (Å²) in [5.41, 5.74) is 8.76. The number of hydrogen-bond acceptors (Lipinski definition) is 6. The van der Waals surface area contributed by atoms with Crippen LogP contribution in [0.2, 0.25) is 0 Å². The van der Waals surface area contributed by atoms with Crippen molar-refractivity contribution in [1.82, 2.24) is 29.9 Å². The highest BCUT2D eigenvalue weighted by Crippen LogP contribution is 2.22. The SMILES string of the molecule is Nc1ncccc1CN1CCC(Cn2cc(-c3ccccn3)nn2)CC1. The van der Waals surface area contributed by atoms with Crippen LogP contribution in [0.15, 0.2) is 48.9 Å². The third kappa shape index (κ3) is 3.88. The molecule has 3 aromatic heterocycles. The van der Waals surface area contributed by atoms with Crippen LogP contribution in [-0.2, 0) is 13.1 Å². The van der Waals surface area contributed by atoms with Crippen molar-refractivity contribution in [2.45, 2.75) is 25.9 Å². The normalized spacial score (nSPS) is 16.0. The molecule has 0 radical (unpaired) electrons. The summed E-state index contributed by atoms with van der Waals surface area (Å²) in [5.74, 6) is 1.26. The van der Waals surface area contributed by atoms with Crippen molar-refractivity contribution in [3.8, 4) is 11.4 Å². The van der Waals surface area contributed by atoms with Crippen LogP contribution in [0, 0.1) is 5.92 Å². The Morgan fingerprint density at radius 3 is 2.62 bits per heavy atom. The molecule has 7 heteroatoms. The van der Waals surface area contributed by atoms with Gasteiger partial charge in [-0.25, -0.2) is 4.98 Å². The molecule has 1 saturated heterocycles. The van der Waals surface area contributed by atoms with Crippen LogP contribution in [0.3, 0.4) is 0 Å². The van der Waals surface area contributed by atoms with E-state index in [0.29, 0.717) is 11.7 Å². The van der Waals surface area contributed by atoms with E-state index in [2.05, 4.69) is 31.2 Å². The molecule has 1 aliphatic rings. The molecule has 0 bridgehead atoms. The molecule has 134 valence electrons. The number of nitrogens with two attached hydrogens (primary N) is 1. The lowest BCUT2D eigenvalue weighted by Crippen LogP contribution is -2.34. The predicted molar refractivity (Wildman–Crippen MR) is 99.9 cm³/mol. The van der Waals surface area contributed by atoms with Gasteiger partial charge in [0.15, 0.2) is 0 Å². The van der Waals surface area contributed by atoms with E-state index in [1.54, 1.807) is 12.4 Å². The smallest absolute Gasteiger partial charge is 0.131 e. The molecule has 0 amide bonds. The zero-order valence-corrected chi connectivity index (χ0v) is 14.7. The molecule has 0 spiro atoms. The Kier molecular flexibility index (Phi) is 4.88. The fraction of sp³-hybridized carbons (Fsp3) is 0.368. The lowest BCUT2D eigenvalue weighted by molar-refractivity contribution is 0.164. The first kappa shape index (κ1) is 16.7. The van der Waals surface area contributed by atoms with Gasteiger partial charge in [0.25, 0.3) is 0 Å². The van der Waals surface area contributed by atoms with Crippen LogP contribution in [0.25, 0.3) is 11.4 Å². The summed E-state index contributed by atoms with van der Waals surface area (Å²) in [7, 11) is 0. The van der Waals surface area contributed by atoms with Gasteiger partial charge < -0.3 is 5.73 Å². The van der Waals surface area contributed by atoms with E-state index in [0.717, 1.165) is 56.0 Å². The maximum atomic E-state index is 5.96. The second-order valence-electron chi connectivity index (χ2n) is 6.81. The lowest BCUT2D eigenvalue weighted by atomic mass is 9.96. The zero-order chi connectivity index (χ0) is 17.8. The van der Waals surface area contributed by atoms with E-state index < -0.39 is 0 Å². The molecular formula is C19H23N7. The topological polar surface area (TPSA) is 85.8 Å². The van der Waals surface area contributed by atoms with Gasteiger partial charge in [0.1, 0.15) is 11.5 Å². The number of anilines is 1. The first-order valence-electron chi connectivity index (χ1n) is 9.01. The first-order chi connectivity index (χ1) is 12.8. The summed E-state index contributed by atoms with van der Waals surface area (Å²) >= 11 is 0. The molecule has 7 nitrogen and oxygen atoms in total. The summed E-state index contributed by atoms with van der Waals surface area (Å²) in [6, 6.07) is 9.83. The second kappa shape index (κ2) is 7.61. The minimum Gasteiger partial charge on any atom is -0.383 e. The van der Waals surface area contributed by atoms with Crippen molar-refractivity contribution in [3.05, 3.63) is 54.5 Å². The minimum atomic E-state index is 0.621. The number of nitrogen functional groups attached to an aromatic ring is 1. The highest BCUT2D eigenvalue weighted by molar-refractivity contribution is 5.51. The molecule has 2 N–H and O–H groups in total. The van der Waals surface area contributed by atoms with Gasteiger partial charge in [-0.3, -0.25) is 14.6 Å².